The Hall–Kier alpha value is -1.56. The molecule has 13 heavy (non-hydrogen) atoms. The van der Waals surface area contributed by atoms with Crippen molar-refractivity contribution in [1.82, 2.24) is 0 Å². The molecule has 1 unspecified atom stereocenters. The number of nitrogens with zero attached hydrogens (tertiary/aromatic N) is 1. The maximum Gasteiger partial charge on any atom is 0.215 e. The lowest BCUT2D eigenvalue weighted by Crippen LogP contribution is -2.11. The number of nitriles is 1. The van der Waals surface area contributed by atoms with E-state index in [-0.39, 0.29) is 5.78 Å². The van der Waals surface area contributed by atoms with Gasteiger partial charge in [0.15, 0.2) is 5.76 Å². The van der Waals surface area contributed by atoms with Gasteiger partial charge in [-0.2, -0.15) is 5.26 Å². The van der Waals surface area contributed by atoms with Crippen LogP contribution in [0.15, 0.2) is 16.7 Å². The fraction of sp³-hybridized carbons (Fsp3) is 0.400. The Morgan fingerprint density at radius 3 is 2.85 bits per heavy atom. The van der Waals surface area contributed by atoms with Gasteiger partial charge in [-0.05, 0) is 25.0 Å². The number of ketones is 1. The van der Waals surface area contributed by atoms with Crippen molar-refractivity contribution in [3.05, 3.63) is 23.7 Å². The highest BCUT2D eigenvalue weighted by Gasteiger charge is 2.21. The van der Waals surface area contributed by atoms with E-state index in [1.54, 1.807) is 13.0 Å². The number of aryl methyl sites for hydroxylation is 1. The smallest absolute Gasteiger partial charge is 0.215 e. The molecular weight excluding hydrogens is 166 g/mol. The number of rotatable bonds is 3. The topological polar surface area (TPSA) is 54.0 Å². The van der Waals surface area contributed by atoms with Crippen LogP contribution >= 0.6 is 0 Å². The number of hydrogen-bond acceptors (Lipinski definition) is 3. The summed E-state index contributed by atoms with van der Waals surface area (Å²) in [4.78, 5) is 11.6. The Labute approximate surface area is 77.0 Å². The van der Waals surface area contributed by atoms with Crippen LogP contribution in [0.3, 0.4) is 0 Å². The summed E-state index contributed by atoms with van der Waals surface area (Å²) in [6.07, 6.45) is 1.99. The average molecular weight is 177 g/mol. The highest BCUT2D eigenvalue weighted by molar-refractivity contribution is 5.98. The summed E-state index contributed by atoms with van der Waals surface area (Å²) < 4.78 is 5.01. The molecule has 0 saturated heterocycles. The first-order valence-electron chi connectivity index (χ1n) is 4.18. The van der Waals surface area contributed by atoms with E-state index in [1.807, 2.05) is 13.0 Å². The van der Waals surface area contributed by atoms with Crippen LogP contribution in [0.4, 0.5) is 0 Å². The molecule has 0 N–H and O–H groups in total. The Kier molecular flexibility index (Phi) is 2.86. The van der Waals surface area contributed by atoms with Crippen molar-refractivity contribution in [1.29, 1.82) is 5.26 Å². The summed E-state index contributed by atoms with van der Waals surface area (Å²) in [6, 6.07) is 3.68. The van der Waals surface area contributed by atoms with Gasteiger partial charge in [0.25, 0.3) is 0 Å². The zero-order valence-electron chi connectivity index (χ0n) is 7.70. The van der Waals surface area contributed by atoms with Crippen molar-refractivity contribution in [3.8, 4) is 6.07 Å². The van der Waals surface area contributed by atoms with E-state index < -0.39 is 5.92 Å². The van der Waals surface area contributed by atoms with Crippen LogP contribution < -0.4 is 0 Å². The Bertz CT molecular complexity index is 346. The first kappa shape index (κ1) is 9.53. The molecule has 0 aliphatic carbocycles. The second-order valence-electron chi connectivity index (χ2n) is 2.89. The molecule has 68 valence electrons. The lowest BCUT2D eigenvalue weighted by Gasteiger charge is -2.01. The standard InChI is InChI=1S/C10H11NO2/c1-3-8(6-11)9(12)10-7(2)4-5-13-10/h4-5,8H,3H2,1-2H3. The number of Topliss-reactive ketones (excluding diaryl/α,β-unsaturated/α-hetero) is 1. The van der Waals surface area contributed by atoms with Crippen molar-refractivity contribution in [2.24, 2.45) is 5.92 Å². The van der Waals surface area contributed by atoms with Crippen molar-refractivity contribution >= 4 is 5.78 Å². The molecule has 1 atom stereocenters. The van der Waals surface area contributed by atoms with Crippen LogP contribution in [-0.4, -0.2) is 5.78 Å². The van der Waals surface area contributed by atoms with Gasteiger partial charge in [-0.3, -0.25) is 4.79 Å². The second-order valence-corrected chi connectivity index (χ2v) is 2.89. The predicted molar refractivity (Wildman–Crippen MR) is 47.2 cm³/mol. The monoisotopic (exact) mass is 177 g/mol. The zero-order chi connectivity index (χ0) is 9.84. The van der Waals surface area contributed by atoms with Crippen LogP contribution in [0.25, 0.3) is 0 Å². The number of carbonyl (C=O) groups is 1. The molecule has 0 aliphatic heterocycles. The predicted octanol–water partition coefficient (Wildman–Crippen LogP) is 2.32. The SMILES string of the molecule is CCC(C#N)C(=O)c1occc1C. The van der Waals surface area contributed by atoms with Crippen LogP contribution in [-0.2, 0) is 0 Å². The van der Waals surface area contributed by atoms with Gasteiger partial charge >= 0.3 is 0 Å². The molecule has 1 rings (SSSR count). The van der Waals surface area contributed by atoms with Gasteiger partial charge in [-0.25, -0.2) is 0 Å². The summed E-state index contributed by atoms with van der Waals surface area (Å²) in [6.45, 7) is 3.60. The lowest BCUT2D eigenvalue weighted by atomic mass is 9.99. The van der Waals surface area contributed by atoms with Gasteiger partial charge in [0.2, 0.25) is 5.78 Å². The van der Waals surface area contributed by atoms with Gasteiger partial charge in [0.05, 0.1) is 12.3 Å². The maximum absolute atomic E-state index is 11.6. The van der Waals surface area contributed by atoms with Gasteiger partial charge < -0.3 is 4.42 Å². The third-order valence-electron chi connectivity index (χ3n) is 1.97. The number of carbonyl (C=O) groups excluding carboxylic acids is 1. The van der Waals surface area contributed by atoms with Crippen molar-refractivity contribution in [3.63, 3.8) is 0 Å². The fourth-order valence-corrected chi connectivity index (χ4v) is 1.12. The van der Waals surface area contributed by atoms with Crippen LogP contribution in [0.5, 0.6) is 0 Å². The highest BCUT2D eigenvalue weighted by atomic mass is 16.3. The van der Waals surface area contributed by atoms with E-state index in [9.17, 15) is 4.79 Å². The minimum Gasteiger partial charge on any atom is -0.461 e. The van der Waals surface area contributed by atoms with E-state index in [2.05, 4.69) is 0 Å². The first-order chi connectivity index (χ1) is 6.20. The van der Waals surface area contributed by atoms with E-state index in [1.165, 1.54) is 6.26 Å². The molecule has 0 fully saturated rings. The molecule has 0 amide bonds. The minimum absolute atomic E-state index is 0.215. The molecule has 0 radical (unpaired) electrons. The largest absolute Gasteiger partial charge is 0.461 e. The van der Waals surface area contributed by atoms with Gasteiger partial charge in [-0.1, -0.05) is 6.92 Å². The van der Waals surface area contributed by atoms with E-state index >= 15 is 0 Å². The third kappa shape index (κ3) is 1.78. The quantitative estimate of drug-likeness (QED) is 0.666. The molecule has 0 aromatic carbocycles. The Balaban J connectivity index is 2.92. The van der Waals surface area contributed by atoms with Crippen LogP contribution in [0.2, 0.25) is 0 Å². The second kappa shape index (κ2) is 3.90. The van der Waals surface area contributed by atoms with Crippen LogP contribution in [0, 0.1) is 24.2 Å². The summed E-state index contributed by atoms with van der Waals surface area (Å²) in [5.41, 5.74) is 0.790. The molecule has 0 aliphatic rings. The van der Waals surface area contributed by atoms with E-state index in [0.717, 1.165) is 5.56 Å². The summed E-state index contributed by atoms with van der Waals surface area (Å²) in [5.74, 6) is -0.481. The Morgan fingerprint density at radius 1 is 1.77 bits per heavy atom. The zero-order valence-corrected chi connectivity index (χ0v) is 7.70. The third-order valence-corrected chi connectivity index (χ3v) is 1.97. The molecule has 0 bridgehead atoms. The van der Waals surface area contributed by atoms with Crippen molar-refractivity contribution in [2.45, 2.75) is 20.3 Å². The molecule has 1 aromatic rings. The summed E-state index contributed by atoms with van der Waals surface area (Å²) >= 11 is 0. The Morgan fingerprint density at radius 2 is 2.46 bits per heavy atom. The molecule has 1 heterocycles. The molecule has 3 heteroatoms. The fourth-order valence-electron chi connectivity index (χ4n) is 1.12. The highest BCUT2D eigenvalue weighted by Crippen LogP contribution is 2.16. The average Bonchev–Trinajstić information content (AvgIpc) is 2.53. The first-order valence-corrected chi connectivity index (χ1v) is 4.18. The summed E-state index contributed by atoms with van der Waals surface area (Å²) in [7, 11) is 0. The molecular formula is C10H11NO2. The normalized spacial score (nSPS) is 12.1. The maximum atomic E-state index is 11.6. The number of furan rings is 1. The number of hydrogen-bond donors (Lipinski definition) is 0. The van der Waals surface area contributed by atoms with Crippen molar-refractivity contribution in [2.75, 3.05) is 0 Å². The van der Waals surface area contributed by atoms with E-state index in [0.29, 0.717) is 12.2 Å². The van der Waals surface area contributed by atoms with Gasteiger partial charge in [-0.15, -0.1) is 0 Å². The minimum atomic E-state index is -0.579. The molecule has 3 nitrogen and oxygen atoms in total. The molecule has 0 saturated carbocycles. The van der Waals surface area contributed by atoms with Gasteiger partial charge in [0.1, 0.15) is 5.92 Å². The molecule has 1 aromatic heterocycles. The van der Waals surface area contributed by atoms with E-state index in [4.69, 9.17) is 9.68 Å². The van der Waals surface area contributed by atoms with Gasteiger partial charge in [0, 0.05) is 0 Å². The van der Waals surface area contributed by atoms with Crippen molar-refractivity contribution < 1.29 is 9.21 Å². The summed E-state index contributed by atoms with van der Waals surface area (Å²) in [5, 5.41) is 8.67. The lowest BCUT2D eigenvalue weighted by molar-refractivity contribution is 0.0918. The van der Waals surface area contributed by atoms with Crippen LogP contribution in [0.1, 0.15) is 29.5 Å². The molecule has 0 spiro atoms.